The lowest BCUT2D eigenvalue weighted by Gasteiger charge is -2.28. The predicted molar refractivity (Wildman–Crippen MR) is 84.9 cm³/mol. The van der Waals surface area contributed by atoms with E-state index in [2.05, 4.69) is 5.32 Å². The molecule has 0 radical (unpaired) electrons. The second kappa shape index (κ2) is 6.55. The summed E-state index contributed by atoms with van der Waals surface area (Å²) in [6.07, 6.45) is 1.99. The van der Waals surface area contributed by atoms with Crippen molar-refractivity contribution in [3.8, 4) is 0 Å². The molecule has 2 atom stereocenters. The maximum Gasteiger partial charge on any atom is 0.238 e. The average Bonchev–Trinajstić information content (AvgIpc) is 3.10. The number of nitrogens with zero attached hydrogens (tertiary/aromatic N) is 1. The molecular weight excluding hydrogens is 299 g/mol. The van der Waals surface area contributed by atoms with Crippen LogP contribution in [-0.4, -0.2) is 55.9 Å². The minimum absolute atomic E-state index is 0.00583. The highest BCUT2D eigenvalue weighted by atomic mass is 19.1. The van der Waals surface area contributed by atoms with E-state index in [1.165, 1.54) is 12.1 Å². The first-order valence-corrected chi connectivity index (χ1v) is 7.97. The van der Waals surface area contributed by atoms with Crippen LogP contribution < -0.4 is 5.32 Å². The molecule has 6 heteroatoms. The lowest BCUT2D eigenvalue weighted by atomic mass is 9.97. The Balaban J connectivity index is 1.61. The Hall–Kier alpha value is -1.50. The van der Waals surface area contributed by atoms with Crippen molar-refractivity contribution < 1.29 is 18.7 Å². The fourth-order valence-corrected chi connectivity index (χ4v) is 3.57. The molecule has 2 saturated heterocycles. The predicted octanol–water partition coefficient (Wildman–Crippen LogP) is 1.95. The Morgan fingerprint density at radius 2 is 2.39 bits per heavy atom. The molecule has 1 aromatic carbocycles. The maximum absolute atomic E-state index is 13.3. The average molecular weight is 322 g/mol. The number of likely N-dealkylation sites (tertiary alicyclic amines) is 1. The van der Waals surface area contributed by atoms with Gasteiger partial charge in [0.2, 0.25) is 5.91 Å². The summed E-state index contributed by atoms with van der Waals surface area (Å²) in [5, 5.41) is 2.79. The number of benzene rings is 1. The lowest BCUT2D eigenvalue weighted by Crippen LogP contribution is -2.42. The highest BCUT2D eigenvalue weighted by Gasteiger charge is 2.50. The van der Waals surface area contributed by atoms with Crippen LogP contribution >= 0.6 is 0 Å². The van der Waals surface area contributed by atoms with E-state index in [-0.39, 0.29) is 30.0 Å². The molecule has 1 aromatic rings. The number of hydrogen-bond acceptors (Lipinski definition) is 4. The van der Waals surface area contributed by atoms with Gasteiger partial charge in [0.1, 0.15) is 11.4 Å². The molecule has 2 heterocycles. The minimum Gasteiger partial charge on any atom is -0.377 e. The van der Waals surface area contributed by atoms with Crippen molar-refractivity contribution in [3.05, 3.63) is 29.6 Å². The van der Waals surface area contributed by atoms with E-state index in [0.717, 1.165) is 25.0 Å². The third-order valence-electron chi connectivity index (χ3n) is 4.76. The van der Waals surface area contributed by atoms with Crippen LogP contribution in [0, 0.1) is 12.7 Å². The van der Waals surface area contributed by atoms with E-state index < -0.39 is 0 Å². The third kappa shape index (κ3) is 3.39. The molecule has 23 heavy (non-hydrogen) atoms. The fraction of sp³-hybridized carbons (Fsp3) is 0.588. The van der Waals surface area contributed by atoms with Gasteiger partial charge in [-0.1, -0.05) is 6.07 Å². The second-order valence-corrected chi connectivity index (χ2v) is 6.42. The van der Waals surface area contributed by atoms with Gasteiger partial charge in [-0.25, -0.2) is 4.39 Å². The van der Waals surface area contributed by atoms with Crippen LogP contribution in [0.4, 0.5) is 10.1 Å². The summed E-state index contributed by atoms with van der Waals surface area (Å²) in [6.45, 7) is 4.21. The van der Waals surface area contributed by atoms with Crippen molar-refractivity contribution in [2.45, 2.75) is 31.5 Å². The molecule has 0 aromatic heterocycles. The van der Waals surface area contributed by atoms with Crippen molar-refractivity contribution in [2.24, 2.45) is 0 Å². The zero-order valence-corrected chi connectivity index (χ0v) is 13.6. The molecule has 3 rings (SSSR count). The number of anilines is 1. The first-order chi connectivity index (χ1) is 11.0. The number of carbonyl (C=O) groups is 1. The summed E-state index contributed by atoms with van der Waals surface area (Å²) in [4.78, 5) is 14.3. The van der Waals surface area contributed by atoms with Gasteiger partial charge in [-0.2, -0.15) is 0 Å². The van der Waals surface area contributed by atoms with Crippen LogP contribution in [0.1, 0.15) is 18.4 Å². The van der Waals surface area contributed by atoms with E-state index in [9.17, 15) is 9.18 Å². The first kappa shape index (κ1) is 16.4. The van der Waals surface area contributed by atoms with Crippen LogP contribution in [0.5, 0.6) is 0 Å². The normalized spacial score (nSPS) is 27.7. The van der Waals surface area contributed by atoms with Crippen LogP contribution in [0.25, 0.3) is 0 Å². The van der Waals surface area contributed by atoms with Gasteiger partial charge in [0.15, 0.2) is 0 Å². The first-order valence-electron chi connectivity index (χ1n) is 7.97. The van der Waals surface area contributed by atoms with Gasteiger partial charge in [0.05, 0.1) is 12.6 Å². The zero-order chi connectivity index (χ0) is 16.4. The van der Waals surface area contributed by atoms with Gasteiger partial charge in [-0.15, -0.1) is 0 Å². The number of carbonyl (C=O) groups excluding carboxylic acids is 1. The molecular formula is C17H23FN2O3. The van der Waals surface area contributed by atoms with Gasteiger partial charge >= 0.3 is 0 Å². The maximum atomic E-state index is 13.3. The summed E-state index contributed by atoms with van der Waals surface area (Å²) in [5.74, 6) is -0.506. The molecule has 5 nitrogen and oxygen atoms in total. The molecule has 0 aliphatic carbocycles. The second-order valence-electron chi connectivity index (χ2n) is 6.42. The molecule has 1 amide bonds. The van der Waals surface area contributed by atoms with Gasteiger partial charge in [0, 0.05) is 32.5 Å². The Kier molecular flexibility index (Phi) is 4.66. The molecule has 2 aliphatic heterocycles. The van der Waals surface area contributed by atoms with Gasteiger partial charge < -0.3 is 14.8 Å². The molecule has 0 bridgehead atoms. The summed E-state index contributed by atoms with van der Waals surface area (Å²) in [6, 6.07) is 4.38. The highest BCUT2D eigenvalue weighted by Crippen LogP contribution is 2.36. The molecule has 126 valence electrons. The standard InChI is InChI=1S/C17H23FN2O3/c1-12-4-5-13(18)8-14(12)19-16(21)10-20-9-15(22-2)17(11-20)6-3-7-23-17/h4-5,8,15H,3,6-7,9-11H2,1-2H3,(H,19,21)/t15-,17-/m1/s1. The number of methoxy groups -OCH3 is 1. The number of halogens is 1. The number of aryl methyl sites for hydroxylation is 1. The summed E-state index contributed by atoms with van der Waals surface area (Å²) < 4.78 is 24.8. The fourth-order valence-electron chi connectivity index (χ4n) is 3.57. The zero-order valence-electron chi connectivity index (χ0n) is 13.6. The largest absolute Gasteiger partial charge is 0.377 e. The topological polar surface area (TPSA) is 50.8 Å². The lowest BCUT2D eigenvalue weighted by molar-refractivity contribution is -0.117. The SMILES string of the molecule is CO[C@@H]1CN(CC(=O)Nc2cc(F)ccc2C)C[C@]12CCCO2. The van der Waals surface area contributed by atoms with E-state index >= 15 is 0 Å². The Morgan fingerprint density at radius 1 is 1.57 bits per heavy atom. The third-order valence-corrected chi connectivity index (χ3v) is 4.76. The van der Waals surface area contributed by atoms with Crippen LogP contribution in [-0.2, 0) is 14.3 Å². The van der Waals surface area contributed by atoms with Crippen LogP contribution in [0.2, 0.25) is 0 Å². The van der Waals surface area contributed by atoms with Crippen molar-refractivity contribution in [1.29, 1.82) is 0 Å². The van der Waals surface area contributed by atoms with Crippen molar-refractivity contribution in [3.63, 3.8) is 0 Å². The minimum atomic E-state index is -0.357. The molecule has 0 unspecified atom stereocenters. The number of hydrogen-bond donors (Lipinski definition) is 1. The van der Waals surface area contributed by atoms with Gasteiger partial charge in [-0.05, 0) is 37.5 Å². The van der Waals surface area contributed by atoms with Crippen molar-refractivity contribution >= 4 is 11.6 Å². The van der Waals surface area contributed by atoms with Crippen LogP contribution in [0.15, 0.2) is 18.2 Å². The van der Waals surface area contributed by atoms with E-state index in [1.54, 1.807) is 13.2 Å². The van der Waals surface area contributed by atoms with Gasteiger partial charge in [0.25, 0.3) is 0 Å². The summed E-state index contributed by atoms with van der Waals surface area (Å²) in [5.41, 5.74) is 1.08. The smallest absolute Gasteiger partial charge is 0.238 e. The van der Waals surface area contributed by atoms with Crippen molar-refractivity contribution in [2.75, 3.05) is 38.7 Å². The molecule has 1 N–H and O–H groups in total. The molecule has 2 aliphatic rings. The molecule has 1 spiro atoms. The summed E-state index contributed by atoms with van der Waals surface area (Å²) in [7, 11) is 1.69. The Bertz CT molecular complexity index is 587. The number of amides is 1. The van der Waals surface area contributed by atoms with E-state index in [0.29, 0.717) is 18.8 Å². The highest BCUT2D eigenvalue weighted by molar-refractivity contribution is 5.93. The van der Waals surface area contributed by atoms with E-state index in [4.69, 9.17) is 9.47 Å². The quantitative estimate of drug-likeness (QED) is 0.921. The van der Waals surface area contributed by atoms with Crippen LogP contribution in [0.3, 0.4) is 0 Å². The van der Waals surface area contributed by atoms with E-state index in [1.807, 2.05) is 11.8 Å². The number of nitrogens with one attached hydrogen (secondary N) is 1. The molecule has 0 saturated carbocycles. The molecule has 2 fully saturated rings. The van der Waals surface area contributed by atoms with Crippen molar-refractivity contribution in [1.82, 2.24) is 4.90 Å². The number of rotatable bonds is 4. The Morgan fingerprint density at radius 3 is 3.09 bits per heavy atom. The monoisotopic (exact) mass is 322 g/mol. The Labute approximate surface area is 135 Å². The van der Waals surface area contributed by atoms with Gasteiger partial charge in [-0.3, -0.25) is 9.69 Å². The number of ether oxygens (including phenoxy) is 2. The summed E-state index contributed by atoms with van der Waals surface area (Å²) >= 11 is 0.